The number of hydrogen-bond acceptors (Lipinski definition) is 5. The highest BCUT2D eigenvalue weighted by molar-refractivity contribution is 5.91. The Balaban J connectivity index is 1.35. The van der Waals surface area contributed by atoms with Crippen molar-refractivity contribution in [2.24, 2.45) is 0 Å². The first-order valence-electron chi connectivity index (χ1n) is 9.45. The Hall–Kier alpha value is -2.96. The van der Waals surface area contributed by atoms with Crippen LogP contribution in [0.3, 0.4) is 0 Å². The van der Waals surface area contributed by atoms with E-state index in [4.69, 9.17) is 4.52 Å². The third-order valence-electron chi connectivity index (χ3n) is 4.90. The number of carbonyl (C=O) groups is 1. The van der Waals surface area contributed by atoms with Gasteiger partial charge in [0.25, 0.3) is 0 Å². The summed E-state index contributed by atoms with van der Waals surface area (Å²) in [5, 5.41) is 5.06. The molecular weight excluding hydrogens is 342 g/mol. The number of rotatable bonds is 6. The molecule has 3 aromatic heterocycles. The minimum atomic E-state index is 0.126. The molecule has 0 atom stereocenters. The van der Waals surface area contributed by atoms with E-state index >= 15 is 0 Å². The van der Waals surface area contributed by atoms with E-state index in [2.05, 4.69) is 39.2 Å². The van der Waals surface area contributed by atoms with Crippen molar-refractivity contribution in [3.05, 3.63) is 47.9 Å². The molecule has 4 rings (SSSR count). The predicted molar refractivity (Wildman–Crippen MR) is 102 cm³/mol. The second-order valence-electron chi connectivity index (χ2n) is 6.78. The molecule has 0 saturated heterocycles. The monoisotopic (exact) mass is 365 g/mol. The zero-order valence-electron chi connectivity index (χ0n) is 15.4. The lowest BCUT2D eigenvalue weighted by atomic mass is 9.99. The largest absolute Gasteiger partial charge is 0.346 e. The number of pyridine rings is 1. The number of aryl methyl sites for hydroxylation is 2. The molecule has 1 amide bonds. The summed E-state index contributed by atoms with van der Waals surface area (Å²) in [6.45, 7) is 3.43. The molecule has 7 nitrogen and oxygen atoms in total. The molecule has 0 radical (unpaired) electrons. The summed E-state index contributed by atoms with van der Waals surface area (Å²) < 4.78 is 5.21. The van der Waals surface area contributed by atoms with Crippen LogP contribution in [0.2, 0.25) is 0 Å². The van der Waals surface area contributed by atoms with Gasteiger partial charge in [-0.1, -0.05) is 18.2 Å². The molecule has 3 aromatic rings. The highest BCUT2D eigenvalue weighted by Crippen LogP contribution is 2.28. The van der Waals surface area contributed by atoms with Crippen molar-refractivity contribution in [2.45, 2.75) is 39.0 Å². The zero-order valence-corrected chi connectivity index (χ0v) is 15.4. The smallest absolute Gasteiger partial charge is 0.227 e. The average Bonchev–Trinajstić information content (AvgIpc) is 3.33. The van der Waals surface area contributed by atoms with E-state index in [0.29, 0.717) is 25.3 Å². The van der Waals surface area contributed by atoms with E-state index in [1.54, 1.807) is 6.20 Å². The molecule has 140 valence electrons. The Bertz CT molecular complexity index is 972. The molecule has 0 unspecified atom stereocenters. The first-order chi connectivity index (χ1) is 13.2. The number of aromatic amines is 1. The van der Waals surface area contributed by atoms with Crippen LogP contribution in [0.1, 0.15) is 43.5 Å². The topological polar surface area (TPSA) is 87.9 Å². The van der Waals surface area contributed by atoms with Gasteiger partial charge in [-0.05, 0) is 30.5 Å². The van der Waals surface area contributed by atoms with Crippen LogP contribution >= 0.6 is 0 Å². The highest BCUT2D eigenvalue weighted by atomic mass is 16.5. The fraction of sp³-hybridized carbons (Fsp3) is 0.400. The van der Waals surface area contributed by atoms with Gasteiger partial charge in [-0.25, -0.2) is 4.98 Å². The number of carbonyl (C=O) groups excluding carboxylic acids is 1. The molecule has 7 heteroatoms. The van der Waals surface area contributed by atoms with E-state index in [1.165, 1.54) is 11.1 Å². The van der Waals surface area contributed by atoms with Crippen molar-refractivity contribution in [2.75, 3.05) is 13.1 Å². The fourth-order valence-electron chi connectivity index (χ4n) is 3.45. The quantitative estimate of drug-likeness (QED) is 0.725. The van der Waals surface area contributed by atoms with Gasteiger partial charge in [0.15, 0.2) is 5.82 Å². The Labute approximate surface area is 157 Å². The molecule has 0 spiro atoms. The normalized spacial score (nSPS) is 14.6. The van der Waals surface area contributed by atoms with Crippen LogP contribution in [0, 0.1) is 0 Å². The molecule has 1 aliphatic heterocycles. The zero-order chi connectivity index (χ0) is 18.6. The number of nitrogens with one attached hydrogen (secondary N) is 1. The summed E-state index contributed by atoms with van der Waals surface area (Å²) in [6, 6.07) is 4.02. The lowest BCUT2D eigenvalue weighted by molar-refractivity contribution is -0.130. The second-order valence-corrected chi connectivity index (χ2v) is 6.78. The number of amides is 1. The first-order valence-corrected chi connectivity index (χ1v) is 9.45. The Kier molecular flexibility index (Phi) is 5.00. The maximum atomic E-state index is 12.5. The van der Waals surface area contributed by atoms with E-state index in [9.17, 15) is 4.79 Å². The van der Waals surface area contributed by atoms with Crippen LogP contribution in [-0.4, -0.2) is 44.0 Å². The summed E-state index contributed by atoms with van der Waals surface area (Å²) in [4.78, 5) is 26.3. The summed E-state index contributed by atoms with van der Waals surface area (Å²) in [6.07, 6.45) is 9.45. The van der Waals surface area contributed by atoms with E-state index in [1.807, 2.05) is 17.2 Å². The van der Waals surface area contributed by atoms with Gasteiger partial charge in [0.2, 0.25) is 11.8 Å². The average molecular weight is 365 g/mol. The number of aromatic nitrogens is 4. The van der Waals surface area contributed by atoms with Crippen LogP contribution in [-0.2, 0) is 17.6 Å². The van der Waals surface area contributed by atoms with Crippen molar-refractivity contribution in [3.63, 3.8) is 0 Å². The molecule has 0 aliphatic carbocycles. The van der Waals surface area contributed by atoms with Crippen molar-refractivity contribution in [1.82, 2.24) is 25.0 Å². The van der Waals surface area contributed by atoms with Gasteiger partial charge in [-0.3, -0.25) is 4.79 Å². The van der Waals surface area contributed by atoms with Crippen molar-refractivity contribution in [3.8, 4) is 0 Å². The first kappa shape index (κ1) is 17.5. The molecular formula is C20H23N5O2. The highest BCUT2D eigenvalue weighted by Gasteiger charge is 2.20. The van der Waals surface area contributed by atoms with Crippen molar-refractivity contribution in [1.29, 1.82) is 0 Å². The molecule has 0 saturated carbocycles. The number of H-pyrrole nitrogens is 1. The SMILES string of the molecule is CCCc1noc(CCC(=O)N2CC=C(c3c[nH]c4ncccc34)CC2)n1. The molecule has 0 aromatic carbocycles. The van der Waals surface area contributed by atoms with E-state index < -0.39 is 0 Å². The maximum absolute atomic E-state index is 12.5. The van der Waals surface area contributed by atoms with Gasteiger partial charge in [-0.15, -0.1) is 0 Å². The van der Waals surface area contributed by atoms with Crippen LogP contribution in [0.15, 0.2) is 35.1 Å². The third-order valence-corrected chi connectivity index (χ3v) is 4.90. The summed E-state index contributed by atoms with van der Waals surface area (Å²) in [5.74, 6) is 1.39. The Morgan fingerprint density at radius 3 is 3.11 bits per heavy atom. The summed E-state index contributed by atoms with van der Waals surface area (Å²) >= 11 is 0. The van der Waals surface area contributed by atoms with Gasteiger partial charge < -0.3 is 14.4 Å². The molecule has 1 aliphatic rings. The minimum Gasteiger partial charge on any atom is -0.346 e. The second kappa shape index (κ2) is 7.73. The lowest BCUT2D eigenvalue weighted by Gasteiger charge is -2.26. The number of nitrogens with zero attached hydrogens (tertiary/aromatic N) is 4. The number of hydrogen-bond donors (Lipinski definition) is 1. The van der Waals surface area contributed by atoms with Gasteiger partial charge in [0.05, 0.1) is 0 Å². The van der Waals surface area contributed by atoms with Gasteiger partial charge in [-0.2, -0.15) is 4.98 Å². The lowest BCUT2D eigenvalue weighted by Crippen LogP contribution is -2.34. The molecule has 0 bridgehead atoms. The predicted octanol–water partition coefficient (Wildman–Crippen LogP) is 3.15. The molecule has 1 N–H and O–H groups in total. The molecule has 0 fully saturated rings. The Morgan fingerprint density at radius 1 is 1.37 bits per heavy atom. The van der Waals surface area contributed by atoms with Crippen LogP contribution in [0.25, 0.3) is 16.6 Å². The van der Waals surface area contributed by atoms with Crippen LogP contribution in [0.4, 0.5) is 0 Å². The molecule has 27 heavy (non-hydrogen) atoms. The van der Waals surface area contributed by atoms with Crippen LogP contribution < -0.4 is 0 Å². The summed E-state index contributed by atoms with van der Waals surface area (Å²) in [5.41, 5.74) is 3.34. The van der Waals surface area contributed by atoms with E-state index in [0.717, 1.165) is 42.7 Å². The van der Waals surface area contributed by atoms with Gasteiger partial charge in [0, 0.05) is 55.7 Å². The third kappa shape index (κ3) is 3.77. The fourth-order valence-corrected chi connectivity index (χ4v) is 3.45. The standard InChI is InChI=1S/C20H23N5O2/c1-2-4-17-23-18(27-24-17)6-7-19(26)25-11-8-14(9-12-25)16-13-22-20-15(16)5-3-10-21-20/h3,5,8,10,13H,2,4,6-7,9,11-12H2,1H3,(H,21,22). The van der Waals surface area contributed by atoms with Gasteiger partial charge in [0.1, 0.15) is 5.65 Å². The van der Waals surface area contributed by atoms with Crippen molar-refractivity contribution < 1.29 is 9.32 Å². The molecule has 4 heterocycles. The summed E-state index contributed by atoms with van der Waals surface area (Å²) in [7, 11) is 0. The van der Waals surface area contributed by atoms with Crippen molar-refractivity contribution >= 4 is 22.5 Å². The van der Waals surface area contributed by atoms with Crippen LogP contribution in [0.5, 0.6) is 0 Å². The number of fused-ring (bicyclic) bond motifs is 1. The Morgan fingerprint density at radius 2 is 2.30 bits per heavy atom. The maximum Gasteiger partial charge on any atom is 0.227 e. The van der Waals surface area contributed by atoms with E-state index in [-0.39, 0.29) is 5.91 Å². The minimum absolute atomic E-state index is 0.126. The van der Waals surface area contributed by atoms with Gasteiger partial charge >= 0.3 is 0 Å².